The Hall–Kier alpha value is -1.26. The van der Waals surface area contributed by atoms with Gasteiger partial charge in [0.15, 0.2) is 0 Å². The van der Waals surface area contributed by atoms with Crippen LogP contribution in [0.25, 0.3) is 0 Å². The van der Waals surface area contributed by atoms with E-state index in [1.807, 2.05) is 6.08 Å². The molecule has 1 aliphatic carbocycles. The van der Waals surface area contributed by atoms with Crippen LogP contribution in [0.15, 0.2) is 35.3 Å². The van der Waals surface area contributed by atoms with E-state index >= 15 is 0 Å². The van der Waals surface area contributed by atoms with Gasteiger partial charge in [-0.3, -0.25) is 4.90 Å². The van der Waals surface area contributed by atoms with Gasteiger partial charge in [0.2, 0.25) is 0 Å². The average molecular weight is 327 g/mol. The molecule has 130 valence electrons. The molecular formula is C20H29N3O. The van der Waals surface area contributed by atoms with Crippen LogP contribution >= 0.6 is 0 Å². The summed E-state index contributed by atoms with van der Waals surface area (Å²) in [4.78, 5) is 2.75. The minimum atomic E-state index is -0.0674. The van der Waals surface area contributed by atoms with Gasteiger partial charge >= 0.3 is 0 Å². The van der Waals surface area contributed by atoms with Crippen LogP contribution in [0.3, 0.4) is 0 Å². The zero-order chi connectivity index (χ0) is 16.7. The monoisotopic (exact) mass is 327 g/mol. The number of rotatable bonds is 1. The summed E-state index contributed by atoms with van der Waals surface area (Å²) in [6.07, 6.45) is 9.61. The number of piperidine rings is 2. The molecule has 0 saturated carbocycles. The molecule has 5 heterocycles. The SMILES string of the molecule is CCC1(C)NC2CC3C4=C(CCN(C2)C31)C1(C)C=C(O)C=CC1N4. The number of aliphatic hydroxyl groups excluding tert-OH is 1. The van der Waals surface area contributed by atoms with E-state index in [-0.39, 0.29) is 11.0 Å². The second kappa shape index (κ2) is 4.67. The maximum Gasteiger partial charge on any atom is 0.112 e. The van der Waals surface area contributed by atoms with Gasteiger partial charge in [0.1, 0.15) is 5.76 Å². The minimum absolute atomic E-state index is 0.0674. The molecule has 3 saturated heterocycles. The molecular weight excluding hydrogens is 298 g/mol. The number of nitrogens with one attached hydrogen (secondary N) is 2. The summed E-state index contributed by atoms with van der Waals surface area (Å²) in [5.74, 6) is 1.01. The molecule has 4 bridgehead atoms. The van der Waals surface area contributed by atoms with Gasteiger partial charge in [-0.2, -0.15) is 0 Å². The maximum absolute atomic E-state index is 10.1. The second-order valence-electron chi connectivity index (χ2n) is 8.87. The molecule has 0 aromatic carbocycles. The number of allylic oxidation sites excluding steroid dienone is 1. The number of hydrogen-bond donors (Lipinski definition) is 3. The maximum atomic E-state index is 10.1. The van der Waals surface area contributed by atoms with Crippen LogP contribution in [-0.4, -0.2) is 46.8 Å². The Balaban J connectivity index is 1.61. The van der Waals surface area contributed by atoms with Crippen molar-refractivity contribution in [1.29, 1.82) is 0 Å². The first kappa shape index (κ1) is 15.0. The first-order chi connectivity index (χ1) is 11.4. The highest BCUT2D eigenvalue weighted by Crippen LogP contribution is 2.52. The molecule has 24 heavy (non-hydrogen) atoms. The van der Waals surface area contributed by atoms with Crippen LogP contribution in [0.1, 0.15) is 40.0 Å². The second-order valence-corrected chi connectivity index (χ2v) is 8.87. The standard InChI is InChI=1S/C20H29N3O/c1-4-20(3)18-14-9-12(22-20)11-23(18)8-7-15-17(14)21-16-6-5-13(24)10-19(15,16)2/h5-6,10,12,14,16,18,21-22,24H,4,7-9,11H2,1-3H3. The van der Waals surface area contributed by atoms with Crippen LogP contribution in [0.2, 0.25) is 0 Å². The number of hydrogen-bond acceptors (Lipinski definition) is 4. The molecule has 0 aromatic rings. The Bertz CT molecular complexity index is 680. The lowest BCUT2D eigenvalue weighted by Crippen LogP contribution is -2.75. The van der Waals surface area contributed by atoms with Gasteiger partial charge in [0.25, 0.3) is 0 Å². The van der Waals surface area contributed by atoms with Crippen molar-refractivity contribution < 1.29 is 5.11 Å². The fourth-order valence-corrected chi connectivity index (χ4v) is 6.33. The molecule has 0 amide bonds. The molecule has 4 nitrogen and oxygen atoms in total. The van der Waals surface area contributed by atoms with Gasteiger partial charge in [-0.15, -0.1) is 0 Å². The molecule has 0 aromatic heterocycles. The zero-order valence-corrected chi connectivity index (χ0v) is 15.0. The number of nitrogens with zero attached hydrogens (tertiary/aromatic N) is 1. The van der Waals surface area contributed by atoms with Crippen LogP contribution in [0, 0.1) is 11.3 Å². The summed E-state index contributed by atoms with van der Waals surface area (Å²) >= 11 is 0. The topological polar surface area (TPSA) is 47.5 Å². The molecule has 6 rings (SSSR count). The highest BCUT2D eigenvalue weighted by atomic mass is 16.3. The lowest BCUT2D eigenvalue weighted by atomic mass is 9.68. The molecule has 3 N–H and O–H groups in total. The van der Waals surface area contributed by atoms with Crippen molar-refractivity contribution in [1.82, 2.24) is 15.5 Å². The first-order valence-corrected chi connectivity index (χ1v) is 9.56. The van der Waals surface area contributed by atoms with Gasteiger partial charge < -0.3 is 15.7 Å². The molecule has 5 aliphatic heterocycles. The average Bonchev–Trinajstić information content (AvgIpc) is 2.77. The quantitative estimate of drug-likeness (QED) is 0.692. The minimum Gasteiger partial charge on any atom is -0.508 e. The Morgan fingerprint density at radius 1 is 1.38 bits per heavy atom. The fraction of sp³-hybridized carbons (Fsp3) is 0.700. The lowest BCUT2D eigenvalue weighted by Gasteiger charge is -2.59. The third kappa shape index (κ3) is 1.76. The van der Waals surface area contributed by atoms with E-state index in [1.54, 1.807) is 5.57 Å². The van der Waals surface area contributed by atoms with Crippen molar-refractivity contribution in [2.24, 2.45) is 11.3 Å². The molecule has 7 unspecified atom stereocenters. The normalized spacial score (nSPS) is 51.6. The van der Waals surface area contributed by atoms with Crippen LogP contribution < -0.4 is 10.6 Å². The third-order valence-corrected chi connectivity index (χ3v) is 7.55. The van der Waals surface area contributed by atoms with E-state index in [0.717, 1.165) is 13.0 Å². The van der Waals surface area contributed by atoms with E-state index in [0.29, 0.717) is 29.8 Å². The van der Waals surface area contributed by atoms with E-state index in [9.17, 15) is 5.11 Å². The first-order valence-electron chi connectivity index (χ1n) is 9.56. The molecule has 3 fully saturated rings. The Kier molecular flexibility index (Phi) is 2.93. The van der Waals surface area contributed by atoms with E-state index < -0.39 is 0 Å². The van der Waals surface area contributed by atoms with Gasteiger partial charge in [-0.05, 0) is 50.8 Å². The number of aliphatic hydroxyl groups is 1. The number of fused-ring (bicyclic) bond motifs is 3. The zero-order valence-electron chi connectivity index (χ0n) is 15.0. The molecule has 6 aliphatic rings. The van der Waals surface area contributed by atoms with Gasteiger partial charge in [-0.1, -0.05) is 13.0 Å². The Morgan fingerprint density at radius 2 is 2.21 bits per heavy atom. The largest absolute Gasteiger partial charge is 0.508 e. The number of piperazine rings is 1. The van der Waals surface area contributed by atoms with Crippen LogP contribution in [0.4, 0.5) is 0 Å². The Morgan fingerprint density at radius 3 is 3.00 bits per heavy atom. The third-order valence-electron chi connectivity index (χ3n) is 7.55. The van der Waals surface area contributed by atoms with E-state index in [2.05, 4.69) is 48.5 Å². The predicted octanol–water partition coefficient (Wildman–Crippen LogP) is 2.46. The summed E-state index contributed by atoms with van der Waals surface area (Å²) in [6, 6.07) is 1.48. The summed E-state index contributed by atoms with van der Waals surface area (Å²) < 4.78 is 0. The van der Waals surface area contributed by atoms with Crippen LogP contribution in [0.5, 0.6) is 0 Å². The Labute approximate surface area is 144 Å². The van der Waals surface area contributed by atoms with Crippen molar-refractivity contribution in [2.45, 2.75) is 63.7 Å². The van der Waals surface area contributed by atoms with Gasteiger partial charge in [0.05, 0.1) is 6.04 Å². The van der Waals surface area contributed by atoms with Crippen LogP contribution in [-0.2, 0) is 0 Å². The van der Waals surface area contributed by atoms with Gasteiger partial charge in [-0.25, -0.2) is 0 Å². The fourth-order valence-electron chi connectivity index (χ4n) is 6.33. The summed E-state index contributed by atoms with van der Waals surface area (Å²) in [5.41, 5.74) is 3.18. The predicted molar refractivity (Wildman–Crippen MR) is 95.6 cm³/mol. The van der Waals surface area contributed by atoms with Crippen molar-refractivity contribution in [3.05, 3.63) is 35.3 Å². The molecule has 7 atom stereocenters. The summed E-state index contributed by atoms with van der Waals surface area (Å²) in [7, 11) is 0. The van der Waals surface area contributed by atoms with Crippen molar-refractivity contribution in [2.75, 3.05) is 13.1 Å². The van der Waals surface area contributed by atoms with Crippen molar-refractivity contribution in [3.63, 3.8) is 0 Å². The van der Waals surface area contributed by atoms with Crippen molar-refractivity contribution >= 4 is 0 Å². The molecule has 4 heteroatoms. The van der Waals surface area contributed by atoms with Crippen molar-refractivity contribution in [3.8, 4) is 0 Å². The van der Waals surface area contributed by atoms with E-state index in [1.165, 1.54) is 25.1 Å². The summed E-state index contributed by atoms with van der Waals surface area (Å²) in [6.45, 7) is 9.38. The smallest absolute Gasteiger partial charge is 0.112 e. The lowest BCUT2D eigenvalue weighted by molar-refractivity contribution is -0.0382. The summed E-state index contributed by atoms with van der Waals surface area (Å²) in [5, 5.41) is 17.9. The van der Waals surface area contributed by atoms with Gasteiger partial charge in [0, 0.05) is 47.7 Å². The molecule has 0 spiro atoms. The highest BCUT2D eigenvalue weighted by Gasteiger charge is 2.57. The molecule has 0 radical (unpaired) electrons. The van der Waals surface area contributed by atoms with E-state index in [4.69, 9.17) is 0 Å². The highest BCUT2D eigenvalue weighted by molar-refractivity contribution is 5.45.